The van der Waals surface area contributed by atoms with Crippen LogP contribution in [0.3, 0.4) is 0 Å². The molecule has 0 aromatic rings. The van der Waals surface area contributed by atoms with E-state index >= 15 is 0 Å². The summed E-state index contributed by atoms with van der Waals surface area (Å²) in [5, 5.41) is 10.6. The first-order valence-corrected chi connectivity index (χ1v) is 39.5. The van der Waals surface area contributed by atoms with E-state index in [1.807, 2.05) is 0 Å². The van der Waals surface area contributed by atoms with Crippen LogP contribution in [0.25, 0.3) is 0 Å². The van der Waals surface area contributed by atoms with Crippen LogP contribution < -0.4 is 0 Å². The molecule has 0 saturated carbocycles. The molecule has 0 saturated heterocycles. The summed E-state index contributed by atoms with van der Waals surface area (Å²) >= 11 is 0. The minimum Gasteiger partial charge on any atom is -0.462 e. The van der Waals surface area contributed by atoms with Crippen LogP contribution in [0.4, 0.5) is 0 Å². The van der Waals surface area contributed by atoms with E-state index in [0.29, 0.717) is 25.7 Å². The highest BCUT2D eigenvalue weighted by atomic mass is 31.2. The van der Waals surface area contributed by atoms with Gasteiger partial charge in [0.25, 0.3) is 0 Å². The minimum absolute atomic E-state index is 0.0802. The van der Waals surface area contributed by atoms with Crippen LogP contribution in [0.15, 0.2) is 60.8 Å². The second-order valence-electron chi connectivity index (χ2n) is 24.5. The maximum Gasteiger partial charge on any atom is 0.472 e. The monoisotopic (exact) mass is 1340 g/mol. The Bertz CT molecular complexity index is 1990. The van der Waals surface area contributed by atoms with Crippen molar-refractivity contribution in [1.82, 2.24) is 0 Å². The molecule has 0 aliphatic carbocycles. The quantitative estimate of drug-likeness (QED) is 0.0169. The number of carbonyl (C=O) groups is 4. The molecule has 0 rings (SSSR count). The maximum atomic E-state index is 13.0. The Kier molecular flexibility index (Phi) is 64.0. The van der Waals surface area contributed by atoms with Gasteiger partial charge in [0, 0.05) is 25.7 Å². The summed E-state index contributed by atoms with van der Waals surface area (Å²) in [6.45, 7) is 4.72. The van der Waals surface area contributed by atoms with Gasteiger partial charge in [0.15, 0.2) is 12.2 Å². The molecule has 5 unspecified atom stereocenters. The number of allylic oxidation sites excluding steroid dienone is 10. The number of aliphatic hydroxyl groups excluding tert-OH is 1. The van der Waals surface area contributed by atoms with Gasteiger partial charge < -0.3 is 33.8 Å². The summed E-state index contributed by atoms with van der Waals surface area (Å²) in [6, 6.07) is 0. The highest BCUT2D eigenvalue weighted by Crippen LogP contribution is 2.45. The predicted molar refractivity (Wildman–Crippen MR) is 372 cm³/mol. The first kappa shape index (κ1) is 88.8. The van der Waals surface area contributed by atoms with Crippen molar-refractivity contribution >= 4 is 39.5 Å². The zero-order chi connectivity index (χ0) is 67.5. The molecule has 0 fully saturated rings. The molecule has 0 spiro atoms. The highest BCUT2D eigenvalue weighted by molar-refractivity contribution is 7.47. The predicted octanol–water partition coefficient (Wildman–Crippen LogP) is 20.3. The van der Waals surface area contributed by atoms with Crippen molar-refractivity contribution in [3.8, 4) is 0 Å². The second kappa shape index (κ2) is 66.4. The second-order valence-corrected chi connectivity index (χ2v) is 27.4. The number of rotatable bonds is 69. The van der Waals surface area contributed by atoms with Gasteiger partial charge in [-0.25, -0.2) is 9.13 Å². The van der Waals surface area contributed by atoms with Crippen LogP contribution in [0.5, 0.6) is 0 Å². The van der Waals surface area contributed by atoms with Gasteiger partial charge >= 0.3 is 39.5 Å². The van der Waals surface area contributed by atoms with Crippen LogP contribution in [-0.4, -0.2) is 96.7 Å². The fraction of sp³-hybridized carbons (Fsp3) is 0.808. The van der Waals surface area contributed by atoms with E-state index in [0.717, 1.165) is 167 Å². The van der Waals surface area contributed by atoms with Gasteiger partial charge in [-0.15, -0.1) is 0 Å². The summed E-state index contributed by atoms with van der Waals surface area (Å²) in [5.74, 6) is -2.20. The van der Waals surface area contributed by atoms with E-state index in [-0.39, 0.29) is 25.7 Å². The van der Waals surface area contributed by atoms with Crippen molar-refractivity contribution in [2.75, 3.05) is 39.6 Å². The lowest BCUT2D eigenvalue weighted by molar-refractivity contribution is -0.161. The molecule has 19 heteroatoms. The maximum absolute atomic E-state index is 13.0. The molecule has 0 amide bonds. The minimum atomic E-state index is -4.97. The van der Waals surface area contributed by atoms with Crippen molar-refractivity contribution in [3.63, 3.8) is 0 Å². The molecule has 0 aliphatic rings. The van der Waals surface area contributed by atoms with Crippen molar-refractivity contribution in [2.45, 2.75) is 341 Å². The van der Waals surface area contributed by atoms with Crippen molar-refractivity contribution in [3.05, 3.63) is 60.8 Å². The third-order valence-corrected chi connectivity index (χ3v) is 17.3. The molecule has 0 aromatic carbocycles. The normalized spacial score (nSPS) is 14.4. The number of phosphoric ester groups is 2. The number of esters is 4. The molecule has 3 N–H and O–H groups in total. The average Bonchev–Trinajstić information content (AvgIpc) is 1.82. The Morgan fingerprint density at radius 1 is 0.304 bits per heavy atom. The number of hydrogen-bond acceptors (Lipinski definition) is 15. The SMILES string of the molecule is CCC/C=C\C/C=C\CCCCCCCC(=O)OC(COC(=O)CCCCCCC/C=C\CCCCCCCC)COP(=O)(O)OCC(O)COP(=O)(O)OCC(COC(=O)CCCCCCC/C=C\CCCCCC)OC(=O)CCCCCCC/C=C\CCCC. The lowest BCUT2D eigenvalue weighted by Crippen LogP contribution is -2.30. The average molecular weight is 1340 g/mol. The molecule has 92 heavy (non-hydrogen) atoms. The van der Waals surface area contributed by atoms with Crippen LogP contribution in [-0.2, 0) is 65.4 Å². The molecule has 0 bridgehead atoms. The van der Waals surface area contributed by atoms with Gasteiger partial charge in [-0.1, -0.05) is 236 Å². The van der Waals surface area contributed by atoms with Crippen molar-refractivity contribution in [1.29, 1.82) is 0 Å². The molecule has 17 nitrogen and oxygen atoms in total. The number of unbranched alkanes of at least 4 members (excludes halogenated alkanes) is 33. The Balaban J connectivity index is 5.31. The summed E-state index contributed by atoms with van der Waals surface area (Å²) in [4.78, 5) is 72.6. The lowest BCUT2D eigenvalue weighted by atomic mass is 10.1. The molecule has 0 aliphatic heterocycles. The molecule has 0 aromatic heterocycles. The Morgan fingerprint density at radius 3 is 0.902 bits per heavy atom. The first-order valence-electron chi connectivity index (χ1n) is 36.5. The van der Waals surface area contributed by atoms with Crippen LogP contribution in [0.2, 0.25) is 0 Å². The molecule has 5 atom stereocenters. The molecular weight excluding hydrogens is 1210 g/mol. The van der Waals surface area contributed by atoms with E-state index in [4.69, 9.17) is 37.0 Å². The third kappa shape index (κ3) is 65.4. The lowest BCUT2D eigenvalue weighted by Gasteiger charge is -2.21. The van der Waals surface area contributed by atoms with Gasteiger partial charge in [-0.05, 0) is 122 Å². The van der Waals surface area contributed by atoms with Gasteiger partial charge in [-0.2, -0.15) is 0 Å². The molecule has 0 heterocycles. The van der Waals surface area contributed by atoms with E-state index in [1.165, 1.54) is 77.0 Å². The number of phosphoric acid groups is 2. The van der Waals surface area contributed by atoms with E-state index < -0.39 is 97.5 Å². The van der Waals surface area contributed by atoms with E-state index in [9.17, 15) is 43.2 Å². The summed E-state index contributed by atoms with van der Waals surface area (Å²) < 4.78 is 68.2. The summed E-state index contributed by atoms with van der Waals surface area (Å²) in [7, 11) is -9.93. The number of ether oxygens (including phenoxy) is 4. The fourth-order valence-corrected chi connectivity index (χ4v) is 11.3. The van der Waals surface area contributed by atoms with Gasteiger partial charge in [0.05, 0.1) is 26.4 Å². The largest absolute Gasteiger partial charge is 0.472 e. The van der Waals surface area contributed by atoms with Crippen molar-refractivity contribution in [2.24, 2.45) is 0 Å². The van der Waals surface area contributed by atoms with Gasteiger partial charge in [0.1, 0.15) is 19.3 Å². The number of aliphatic hydroxyl groups is 1. The first-order chi connectivity index (χ1) is 44.7. The van der Waals surface area contributed by atoms with Gasteiger partial charge in [-0.3, -0.25) is 37.3 Å². The number of carbonyl (C=O) groups excluding carboxylic acids is 4. The van der Waals surface area contributed by atoms with Crippen LogP contribution >= 0.6 is 15.6 Å². The van der Waals surface area contributed by atoms with Crippen LogP contribution in [0.1, 0.15) is 323 Å². The highest BCUT2D eigenvalue weighted by Gasteiger charge is 2.30. The Hall–Kier alpha value is -3.24. The summed E-state index contributed by atoms with van der Waals surface area (Å²) in [5.41, 5.74) is 0. The molecular formula is C73H132O17P2. The smallest absolute Gasteiger partial charge is 0.462 e. The zero-order valence-corrected chi connectivity index (χ0v) is 60.0. The Morgan fingerprint density at radius 2 is 0.565 bits per heavy atom. The topological polar surface area (TPSA) is 237 Å². The molecule has 0 radical (unpaired) electrons. The van der Waals surface area contributed by atoms with Crippen molar-refractivity contribution < 1.29 is 80.2 Å². The standard InChI is InChI=1S/C73H132O17P2/c1-5-9-13-17-21-25-29-32-33-36-39-42-46-50-54-58-71(76)84-64-69(90-73(78)60-56-52-48-44-40-35-31-27-23-19-15-11-7-3)66-88-92(81,82)86-62-67(74)61-85-91(79,80)87-65-68(89-72(77)59-55-51-47-43-37-28-24-20-16-12-8-4)63-83-70(75)57-53-49-45-41-38-34-30-26-22-18-14-10-6-2/h15,19-20,24,26-27,30-33,67-69,74H,5-14,16-18,21-23,25,28-29,34-66H2,1-4H3,(H,79,80)(H,81,82)/b19-15-,24-20-,30-26-,31-27-,33-32-. The Labute approximate surface area is 559 Å². The molecule has 536 valence electrons. The fourth-order valence-electron chi connectivity index (χ4n) is 9.76. The zero-order valence-electron chi connectivity index (χ0n) is 58.2. The van der Waals surface area contributed by atoms with Gasteiger partial charge in [0.2, 0.25) is 0 Å². The van der Waals surface area contributed by atoms with Crippen LogP contribution in [0, 0.1) is 0 Å². The number of hydrogen-bond donors (Lipinski definition) is 3. The van der Waals surface area contributed by atoms with E-state index in [1.54, 1.807) is 0 Å². The third-order valence-electron chi connectivity index (χ3n) is 15.4. The summed E-state index contributed by atoms with van der Waals surface area (Å²) in [6.07, 6.45) is 62.3. The van der Waals surface area contributed by atoms with E-state index in [2.05, 4.69) is 88.5 Å².